The average Bonchev–Trinajstić information content (AvgIpc) is 2.14. The summed E-state index contributed by atoms with van der Waals surface area (Å²) in [5.41, 5.74) is 1.06. The van der Waals surface area contributed by atoms with Gasteiger partial charge in [-0.15, -0.1) is 0 Å². The van der Waals surface area contributed by atoms with Crippen molar-refractivity contribution in [2.45, 2.75) is 26.2 Å². The fraction of sp³-hybridized carbons (Fsp3) is 0.400. The number of para-hydroxylation sites is 1. The Morgan fingerprint density at radius 1 is 1.19 bits per heavy atom. The number of benzene rings is 1. The first kappa shape index (κ1) is 14.9. The molecule has 0 heterocycles. The molecular weight excluding hydrogens is 232 g/mol. The SMILES string of the molecule is CCCCc1ccccc1O.O=S(=O)(O)O. The van der Waals surface area contributed by atoms with Crippen molar-refractivity contribution in [3.8, 4) is 5.75 Å². The van der Waals surface area contributed by atoms with Crippen LogP contribution in [0.1, 0.15) is 25.3 Å². The van der Waals surface area contributed by atoms with Gasteiger partial charge in [0.25, 0.3) is 0 Å². The maximum absolute atomic E-state index is 9.34. The molecule has 1 rings (SSSR count). The zero-order chi connectivity index (χ0) is 12.6. The van der Waals surface area contributed by atoms with Crippen molar-refractivity contribution < 1.29 is 22.6 Å². The van der Waals surface area contributed by atoms with Crippen molar-refractivity contribution in [1.29, 1.82) is 0 Å². The molecule has 0 unspecified atom stereocenters. The summed E-state index contributed by atoms with van der Waals surface area (Å²) in [6.07, 6.45) is 3.31. The van der Waals surface area contributed by atoms with Crippen LogP contribution in [0, 0.1) is 0 Å². The highest BCUT2D eigenvalue weighted by atomic mass is 32.3. The number of hydrogen-bond acceptors (Lipinski definition) is 3. The van der Waals surface area contributed by atoms with Crippen molar-refractivity contribution in [3.63, 3.8) is 0 Å². The van der Waals surface area contributed by atoms with Gasteiger partial charge in [-0.05, 0) is 24.5 Å². The minimum Gasteiger partial charge on any atom is -0.508 e. The van der Waals surface area contributed by atoms with Crippen LogP contribution in [-0.4, -0.2) is 22.6 Å². The van der Waals surface area contributed by atoms with Crippen LogP contribution in [0.4, 0.5) is 0 Å². The summed E-state index contributed by atoms with van der Waals surface area (Å²) in [6.45, 7) is 2.15. The first-order valence-corrected chi connectivity index (χ1v) is 6.21. The lowest BCUT2D eigenvalue weighted by molar-refractivity contribution is 0.381. The Kier molecular flexibility index (Phi) is 6.71. The van der Waals surface area contributed by atoms with Crippen LogP contribution in [0.15, 0.2) is 24.3 Å². The number of phenols is 1. The van der Waals surface area contributed by atoms with E-state index in [0.29, 0.717) is 5.75 Å². The second-order valence-electron chi connectivity index (χ2n) is 3.18. The lowest BCUT2D eigenvalue weighted by Gasteiger charge is -2.01. The first-order chi connectivity index (χ1) is 7.34. The number of aromatic hydroxyl groups is 1. The largest absolute Gasteiger partial charge is 0.508 e. The molecule has 5 nitrogen and oxygen atoms in total. The molecule has 1 aromatic carbocycles. The first-order valence-electron chi connectivity index (χ1n) is 4.81. The number of aryl methyl sites for hydroxylation is 1. The number of rotatable bonds is 3. The summed E-state index contributed by atoms with van der Waals surface area (Å²) in [7, 11) is -4.67. The molecule has 92 valence electrons. The lowest BCUT2D eigenvalue weighted by Crippen LogP contribution is -1.89. The molecule has 0 aliphatic rings. The normalized spacial score (nSPS) is 10.4. The third kappa shape index (κ3) is 9.45. The molecule has 0 spiro atoms. The molecule has 6 heteroatoms. The Morgan fingerprint density at radius 3 is 2.12 bits per heavy atom. The van der Waals surface area contributed by atoms with Gasteiger partial charge >= 0.3 is 10.4 Å². The summed E-state index contributed by atoms with van der Waals surface area (Å²) in [4.78, 5) is 0. The molecule has 0 saturated heterocycles. The number of unbranched alkanes of at least 4 members (excludes halogenated alkanes) is 1. The predicted molar refractivity (Wildman–Crippen MR) is 60.9 cm³/mol. The minimum absolute atomic E-state index is 0.431. The topological polar surface area (TPSA) is 94.8 Å². The average molecular weight is 248 g/mol. The van der Waals surface area contributed by atoms with Crippen LogP contribution in [0.25, 0.3) is 0 Å². The van der Waals surface area contributed by atoms with E-state index in [2.05, 4.69) is 6.92 Å². The van der Waals surface area contributed by atoms with Crippen LogP contribution in [0.5, 0.6) is 5.75 Å². The number of phenolic OH excluding ortho intramolecular Hbond substituents is 1. The van der Waals surface area contributed by atoms with E-state index in [-0.39, 0.29) is 0 Å². The predicted octanol–water partition coefficient (Wildman–Crippen LogP) is 2.08. The van der Waals surface area contributed by atoms with Gasteiger partial charge in [0.1, 0.15) is 5.75 Å². The second kappa shape index (κ2) is 7.21. The van der Waals surface area contributed by atoms with Crippen molar-refractivity contribution in [3.05, 3.63) is 29.8 Å². The van der Waals surface area contributed by atoms with Crippen molar-refractivity contribution >= 4 is 10.4 Å². The Bertz CT molecular complexity index is 391. The molecule has 16 heavy (non-hydrogen) atoms. The van der Waals surface area contributed by atoms with Crippen LogP contribution < -0.4 is 0 Å². The molecule has 0 bridgehead atoms. The fourth-order valence-electron chi connectivity index (χ4n) is 1.09. The van der Waals surface area contributed by atoms with Gasteiger partial charge in [-0.25, -0.2) is 0 Å². The Labute approximate surface area is 95.3 Å². The quantitative estimate of drug-likeness (QED) is 0.712. The summed E-state index contributed by atoms with van der Waals surface area (Å²) >= 11 is 0. The van der Waals surface area contributed by atoms with E-state index < -0.39 is 10.4 Å². The van der Waals surface area contributed by atoms with Crippen molar-refractivity contribution in [2.75, 3.05) is 0 Å². The van der Waals surface area contributed by atoms with Crippen LogP contribution in [0.2, 0.25) is 0 Å². The van der Waals surface area contributed by atoms with Gasteiger partial charge in [0.05, 0.1) is 0 Å². The molecular formula is C10H16O5S. The van der Waals surface area contributed by atoms with E-state index in [1.54, 1.807) is 6.07 Å². The van der Waals surface area contributed by atoms with E-state index in [1.807, 2.05) is 18.2 Å². The monoisotopic (exact) mass is 248 g/mol. The Balaban J connectivity index is 0.000000385. The Hall–Kier alpha value is -1.11. The maximum atomic E-state index is 9.34. The van der Waals surface area contributed by atoms with E-state index in [1.165, 1.54) is 6.42 Å². The van der Waals surface area contributed by atoms with Gasteiger partial charge in [0, 0.05) is 0 Å². The lowest BCUT2D eigenvalue weighted by atomic mass is 10.1. The van der Waals surface area contributed by atoms with E-state index >= 15 is 0 Å². The molecule has 0 atom stereocenters. The van der Waals surface area contributed by atoms with Crippen molar-refractivity contribution in [1.82, 2.24) is 0 Å². The van der Waals surface area contributed by atoms with Crippen LogP contribution in [-0.2, 0) is 16.8 Å². The third-order valence-corrected chi connectivity index (χ3v) is 1.79. The summed E-state index contributed by atoms with van der Waals surface area (Å²) in [5.74, 6) is 0.431. The molecule has 0 radical (unpaired) electrons. The number of hydrogen-bond donors (Lipinski definition) is 3. The molecule has 0 saturated carbocycles. The zero-order valence-electron chi connectivity index (χ0n) is 9.00. The molecule has 0 aromatic heterocycles. The zero-order valence-corrected chi connectivity index (χ0v) is 9.81. The van der Waals surface area contributed by atoms with Gasteiger partial charge in [0.15, 0.2) is 0 Å². The fourth-order valence-corrected chi connectivity index (χ4v) is 1.09. The smallest absolute Gasteiger partial charge is 0.394 e. The van der Waals surface area contributed by atoms with Gasteiger partial charge in [-0.3, -0.25) is 9.11 Å². The van der Waals surface area contributed by atoms with Gasteiger partial charge < -0.3 is 5.11 Å². The van der Waals surface area contributed by atoms with E-state index in [9.17, 15) is 5.11 Å². The molecule has 0 aliphatic carbocycles. The van der Waals surface area contributed by atoms with E-state index in [0.717, 1.165) is 18.4 Å². The standard InChI is InChI=1S/C10H14O.H2O4S/c1-2-3-6-9-7-4-5-8-10(9)11;1-5(2,3)4/h4-5,7-8,11H,2-3,6H2,1H3;(H2,1,2,3,4). The van der Waals surface area contributed by atoms with Gasteiger partial charge in [-0.1, -0.05) is 31.5 Å². The van der Waals surface area contributed by atoms with Gasteiger partial charge in [0.2, 0.25) is 0 Å². The molecule has 1 aromatic rings. The summed E-state index contributed by atoms with van der Waals surface area (Å²) in [6, 6.07) is 7.53. The highest BCUT2D eigenvalue weighted by Gasteiger charge is 1.96. The van der Waals surface area contributed by atoms with Crippen LogP contribution >= 0.6 is 0 Å². The molecule has 3 N–H and O–H groups in total. The van der Waals surface area contributed by atoms with Crippen LogP contribution in [0.3, 0.4) is 0 Å². The molecule has 0 fully saturated rings. The third-order valence-electron chi connectivity index (χ3n) is 1.79. The van der Waals surface area contributed by atoms with Gasteiger partial charge in [-0.2, -0.15) is 8.42 Å². The maximum Gasteiger partial charge on any atom is 0.394 e. The summed E-state index contributed by atoms with van der Waals surface area (Å²) < 4.78 is 31.6. The highest BCUT2D eigenvalue weighted by Crippen LogP contribution is 2.17. The summed E-state index contributed by atoms with van der Waals surface area (Å²) in [5, 5.41) is 9.34. The highest BCUT2D eigenvalue weighted by molar-refractivity contribution is 7.79. The Morgan fingerprint density at radius 2 is 1.69 bits per heavy atom. The molecule has 0 amide bonds. The van der Waals surface area contributed by atoms with Crippen molar-refractivity contribution in [2.24, 2.45) is 0 Å². The molecule has 0 aliphatic heterocycles. The van der Waals surface area contributed by atoms with E-state index in [4.69, 9.17) is 17.5 Å². The second-order valence-corrected chi connectivity index (χ2v) is 4.08. The minimum atomic E-state index is -4.67.